The van der Waals surface area contributed by atoms with Crippen LogP contribution in [0, 0.1) is 11.8 Å². The molecule has 1 fully saturated rings. The van der Waals surface area contributed by atoms with Gasteiger partial charge in [-0.3, -0.25) is 0 Å². The van der Waals surface area contributed by atoms with Crippen molar-refractivity contribution in [3.8, 4) is 5.75 Å². The fourth-order valence-electron chi connectivity index (χ4n) is 4.48. The second kappa shape index (κ2) is 6.78. The first kappa shape index (κ1) is 16.0. The largest absolute Gasteiger partial charge is 0.497 e. The summed E-state index contributed by atoms with van der Waals surface area (Å²) in [5.41, 5.74) is 4.31. The molecule has 3 atom stereocenters. The topological polar surface area (TPSA) is 21.3 Å². The average Bonchev–Trinajstić information content (AvgIpc) is 2.88. The van der Waals surface area contributed by atoms with E-state index in [4.69, 9.17) is 16.3 Å². The summed E-state index contributed by atoms with van der Waals surface area (Å²) in [6.45, 7) is 0.925. The Bertz CT molecular complexity index is 712. The third kappa shape index (κ3) is 3.18. The molecule has 2 bridgehead atoms. The van der Waals surface area contributed by atoms with Crippen LogP contribution in [0.1, 0.15) is 29.5 Å². The van der Waals surface area contributed by atoms with Gasteiger partial charge in [0.25, 0.3) is 0 Å². The number of benzene rings is 2. The summed E-state index contributed by atoms with van der Waals surface area (Å²) in [6, 6.07) is 15.4. The third-order valence-electron chi connectivity index (χ3n) is 5.76. The standard InChI is InChI=1S/C21H24ClNO/c1-24-20-9-6-15-10-16-4-5-17(11-18(15)12-20)21(16)23-13-14-2-7-19(22)8-3-14/h2-3,6-9,12,16-17,21,23H,4-5,10-11,13H2,1H3. The zero-order valence-electron chi connectivity index (χ0n) is 14.1. The smallest absolute Gasteiger partial charge is 0.119 e. The first-order chi connectivity index (χ1) is 11.7. The Morgan fingerprint density at radius 2 is 1.71 bits per heavy atom. The zero-order valence-corrected chi connectivity index (χ0v) is 14.9. The average molecular weight is 342 g/mol. The highest BCUT2D eigenvalue weighted by molar-refractivity contribution is 6.30. The minimum atomic E-state index is 0.610. The van der Waals surface area contributed by atoms with E-state index >= 15 is 0 Å². The van der Waals surface area contributed by atoms with Crippen LogP contribution >= 0.6 is 11.6 Å². The van der Waals surface area contributed by atoms with Crippen molar-refractivity contribution in [2.24, 2.45) is 11.8 Å². The number of hydrogen-bond donors (Lipinski definition) is 1. The highest BCUT2D eigenvalue weighted by Gasteiger charge is 2.38. The fourth-order valence-corrected chi connectivity index (χ4v) is 4.61. The summed E-state index contributed by atoms with van der Waals surface area (Å²) in [5, 5.41) is 4.65. The van der Waals surface area contributed by atoms with E-state index in [9.17, 15) is 0 Å². The predicted octanol–water partition coefficient (Wildman–Crippen LogP) is 4.63. The number of halogens is 1. The van der Waals surface area contributed by atoms with Crippen LogP contribution in [-0.4, -0.2) is 13.2 Å². The van der Waals surface area contributed by atoms with Crippen LogP contribution in [0.15, 0.2) is 42.5 Å². The molecule has 3 unspecified atom stereocenters. The summed E-state index contributed by atoms with van der Waals surface area (Å²) in [5.74, 6) is 2.46. The van der Waals surface area contributed by atoms with Crippen molar-refractivity contribution in [2.45, 2.75) is 38.3 Å². The summed E-state index contributed by atoms with van der Waals surface area (Å²) in [4.78, 5) is 0. The SMILES string of the molecule is COc1ccc2c(c1)CC1CCC(C2)C1NCc1ccc(Cl)cc1. The zero-order chi connectivity index (χ0) is 16.5. The second-order valence-corrected chi connectivity index (χ2v) is 7.61. The lowest BCUT2D eigenvalue weighted by atomic mass is 9.93. The molecule has 2 nitrogen and oxygen atoms in total. The molecule has 0 heterocycles. The fraction of sp³-hybridized carbons (Fsp3) is 0.429. The van der Waals surface area contributed by atoms with Crippen LogP contribution in [0.3, 0.4) is 0 Å². The van der Waals surface area contributed by atoms with Gasteiger partial charge < -0.3 is 10.1 Å². The van der Waals surface area contributed by atoms with Crippen LogP contribution < -0.4 is 10.1 Å². The Morgan fingerprint density at radius 1 is 1.00 bits per heavy atom. The first-order valence-corrected chi connectivity index (χ1v) is 9.24. The lowest BCUT2D eigenvalue weighted by Crippen LogP contribution is -2.37. The molecular formula is C21H24ClNO. The molecule has 2 aromatic rings. The van der Waals surface area contributed by atoms with Gasteiger partial charge in [0.15, 0.2) is 0 Å². The van der Waals surface area contributed by atoms with Crippen LogP contribution in [0.5, 0.6) is 5.75 Å². The summed E-state index contributed by atoms with van der Waals surface area (Å²) < 4.78 is 5.42. The van der Waals surface area contributed by atoms with Crippen LogP contribution in [0.2, 0.25) is 5.02 Å². The molecule has 0 saturated heterocycles. The molecule has 0 aromatic heterocycles. The van der Waals surface area contributed by atoms with Crippen molar-refractivity contribution in [2.75, 3.05) is 7.11 Å². The van der Waals surface area contributed by atoms with E-state index in [0.29, 0.717) is 6.04 Å². The van der Waals surface area contributed by atoms with E-state index in [1.165, 1.54) is 42.4 Å². The highest BCUT2D eigenvalue weighted by atomic mass is 35.5. The van der Waals surface area contributed by atoms with E-state index < -0.39 is 0 Å². The molecule has 4 rings (SSSR count). The maximum atomic E-state index is 5.98. The van der Waals surface area contributed by atoms with Crippen molar-refractivity contribution in [1.82, 2.24) is 5.32 Å². The molecule has 3 heteroatoms. The Kier molecular flexibility index (Phi) is 4.51. The van der Waals surface area contributed by atoms with Crippen molar-refractivity contribution in [3.63, 3.8) is 0 Å². The molecule has 126 valence electrons. The van der Waals surface area contributed by atoms with E-state index in [-0.39, 0.29) is 0 Å². The van der Waals surface area contributed by atoms with Gasteiger partial charge in [-0.05, 0) is 78.5 Å². The monoisotopic (exact) mass is 341 g/mol. The molecule has 1 N–H and O–H groups in total. The molecule has 2 aliphatic rings. The molecule has 2 aromatic carbocycles. The quantitative estimate of drug-likeness (QED) is 0.875. The molecule has 0 amide bonds. The van der Waals surface area contributed by atoms with E-state index in [1.54, 1.807) is 7.11 Å². The number of fused-ring (bicyclic) bond motifs is 3. The van der Waals surface area contributed by atoms with Crippen molar-refractivity contribution < 1.29 is 4.74 Å². The van der Waals surface area contributed by atoms with Gasteiger partial charge in [0.2, 0.25) is 0 Å². The lowest BCUT2D eigenvalue weighted by Gasteiger charge is -2.24. The lowest BCUT2D eigenvalue weighted by molar-refractivity contribution is 0.340. The van der Waals surface area contributed by atoms with Crippen LogP contribution in [0.25, 0.3) is 0 Å². The minimum absolute atomic E-state index is 0.610. The molecule has 0 radical (unpaired) electrons. The molecule has 1 saturated carbocycles. The summed E-state index contributed by atoms with van der Waals surface area (Å²) >= 11 is 5.98. The second-order valence-electron chi connectivity index (χ2n) is 7.17. The summed E-state index contributed by atoms with van der Waals surface area (Å²) in [7, 11) is 1.75. The molecule has 0 spiro atoms. The number of ether oxygens (including phenoxy) is 1. The van der Waals surface area contributed by atoms with Gasteiger partial charge in [-0.2, -0.15) is 0 Å². The molecule has 24 heavy (non-hydrogen) atoms. The Balaban J connectivity index is 1.49. The Morgan fingerprint density at radius 3 is 2.42 bits per heavy atom. The molecule has 2 aliphatic carbocycles. The highest BCUT2D eigenvalue weighted by Crippen LogP contribution is 2.41. The third-order valence-corrected chi connectivity index (χ3v) is 6.01. The summed E-state index contributed by atoms with van der Waals surface area (Å²) in [6.07, 6.45) is 5.03. The van der Waals surface area contributed by atoms with Crippen molar-refractivity contribution in [3.05, 3.63) is 64.2 Å². The maximum absolute atomic E-state index is 5.98. The van der Waals surface area contributed by atoms with Gasteiger partial charge in [0.1, 0.15) is 5.75 Å². The number of rotatable bonds is 4. The Hall–Kier alpha value is -1.51. The normalized spacial score (nSPS) is 25.2. The van der Waals surface area contributed by atoms with Gasteiger partial charge in [-0.1, -0.05) is 29.8 Å². The van der Waals surface area contributed by atoms with Gasteiger partial charge in [-0.25, -0.2) is 0 Å². The van der Waals surface area contributed by atoms with E-state index in [0.717, 1.165) is 29.2 Å². The van der Waals surface area contributed by atoms with E-state index in [2.05, 4.69) is 35.6 Å². The van der Waals surface area contributed by atoms with Gasteiger partial charge >= 0.3 is 0 Å². The maximum Gasteiger partial charge on any atom is 0.119 e. The number of hydrogen-bond acceptors (Lipinski definition) is 2. The number of methoxy groups -OCH3 is 1. The molecule has 0 aliphatic heterocycles. The predicted molar refractivity (Wildman–Crippen MR) is 98.7 cm³/mol. The van der Waals surface area contributed by atoms with Crippen LogP contribution in [-0.2, 0) is 19.4 Å². The number of nitrogens with one attached hydrogen (secondary N) is 1. The van der Waals surface area contributed by atoms with Crippen LogP contribution in [0.4, 0.5) is 0 Å². The van der Waals surface area contributed by atoms with Gasteiger partial charge in [0.05, 0.1) is 7.11 Å². The van der Waals surface area contributed by atoms with E-state index in [1.807, 2.05) is 12.1 Å². The van der Waals surface area contributed by atoms with Gasteiger partial charge in [0, 0.05) is 17.6 Å². The van der Waals surface area contributed by atoms with Gasteiger partial charge in [-0.15, -0.1) is 0 Å². The minimum Gasteiger partial charge on any atom is -0.497 e. The van der Waals surface area contributed by atoms with Crippen molar-refractivity contribution >= 4 is 11.6 Å². The first-order valence-electron chi connectivity index (χ1n) is 8.86. The molecular weight excluding hydrogens is 318 g/mol. The van der Waals surface area contributed by atoms with Crippen molar-refractivity contribution in [1.29, 1.82) is 0 Å². The Labute approximate surface area is 149 Å².